The third-order valence-electron chi connectivity index (χ3n) is 2.08. The van der Waals surface area contributed by atoms with Crippen molar-refractivity contribution in [2.45, 2.75) is 13.0 Å². The molecule has 1 atom stereocenters. The van der Waals surface area contributed by atoms with E-state index in [1.54, 1.807) is 7.11 Å². The molecule has 15 heavy (non-hydrogen) atoms. The second kappa shape index (κ2) is 4.31. The molecule has 2 rings (SSSR count). The summed E-state index contributed by atoms with van der Waals surface area (Å²) in [6.07, 6.45) is 0. The molecule has 0 saturated carbocycles. The van der Waals surface area contributed by atoms with Crippen LogP contribution < -0.4 is 5.32 Å². The normalized spacial score (nSPS) is 12.9. The van der Waals surface area contributed by atoms with Crippen LogP contribution >= 0.6 is 0 Å². The Kier molecular flexibility index (Phi) is 2.87. The molecule has 0 spiro atoms. The predicted octanol–water partition coefficient (Wildman–Crippen LogP) is 2.27. The van der Waals surface area contributed by atoms with E-state index in [9.17, 15) is 0 Å². The molecule has 0 aliphatic rings. The lowest BCUT2D eigenvalue weighted by Crippen LogP contribution is -2.20. The zero-order valence-corrected chi connectivity index (χ0v) is 8.86. The van der Waals surface area contributed by atoms with E-state index in [4.69, 9.17) is 9.15 Å². The van der Waals surface area contributed by atoms with Crippen LogP contribution in [0.25, 0.3) is 11.1 Å². The fourth-order valence-corrected chi connectivity index (χ4v) is 1.44. The Balaban J connectivity index is 2.15. The van der Waals surface area contributed by atoms with E-state index in [2.05, 4.69) is 10.3 Å². The lowest BCUT2D eigenvalue weighted by molar-refractivity contribution is 0.189. The van der Waals surface area contributed by atoms with Crippen LogP contribution in [0.3, 0.4) is 0 Å². The number of anilines is 1. The number of oxazole rings is 1. The summed E-state index contributed by atoms with van der Waals surface area (Å²) in [5.74, 6) is 0. The fraction of sp³-hybridized carbons (Fsp3) is 0.364. The van der Waals surface area contributed by atoms with Gasteiger partial charge >= 0.3 is 0 Å². The summed E-state index contributed by atoms with van der Waals surface area (Å²) in [6, 6.07) is 8.41. The molecular weight excluding hydrogens is 192 g/mol. The Bertz CT molecular complexity index is 406. The van der Waals surface area contributed by atoms with E-state index in [0.717, 1.165) is 11.1 Å². The number of fused-ring (bicyclic) bond motifs is 1. The third kappa shape index (κ3) is 2.27. The van der Waals surface area contributed by atoms with Crippen LogP contribution in [0.15, 0.2) is 28.7 Å². The monoisotopic (exact) mass is 206 g/mol. The van der Waals surface area contributed by atoms with E-state index in [-0.39, 0.29) is 6.04 Å². The van der Waals surface area contributed by atoms with Gasteiger partial charge in [-0.25, -0.2) is 0 Å². The molecule has 1 aromatic heterocycles. The van der Waals surface area contributed by atoms with Crippen LogP contribution in [0.4, 0.5) is 6.01 Å². The van der Waals surface area contributed by atoms with Crippen molar-refractivity contribution in [2.24, 2.45) is 0 Å². The average molecular weight is 206 g/mol. The topological polar surface area (TPSA) is 47.3 Å². The van der Waals surface area contributed by atoms with Crippen molar-refractivity contribution >= 4 is 17.1 Å². The van der Waals surface area contributed by atoms with E-state index < -0.39 is 0 Å². The van der Waals surface area contributed by atoms with Gasteiger partial charge in [-0.1, -0.05) is 12.1 Å². The largest absolute Gasteiger partial charge is 0.424 e. The highest BCUT2D eigenvalue weighted by Gasteiger charge is 2.07. The van der Waals surface area contributed by atoms with E-state index in [0.29, 0.717) is 12.6 Å². The number of rotatable bonds is 4. The second-order valence-corrected chi connectivity index (χ2v) is 3.49. The molecule has 1 heterocycles. The molecule has 0 fully saturated rings. The molecule has 1 aromatic carbocycles. The van der Waals surface area contributed by atoms with Crippen LogP contribution in [0.2, 0.25) is 0 Å². The molecular formula is C11H14N2O2. The summed E-state index contributed by atoms with van der Waals surface area (Å²) in [7, 11) is 1.67. The molecule has 0 radical (unpaired) electrons. The first kappa shape index (κ1) is 9.98. The van der Waals surface area contributed by atoms with Crippen LogP contribution in [-0.2, 0) is 4.74 Å². The van der Waals surface area contributed by atoms with E-state index >= 15 is 0 Å². The molecule has 0 aliphatic carbocycles. The van der Waals surface area contributed by atoms with Crippen molar-refractivity contribution in [1.29, 1.82) is 0 Å². The average Bonchev–Trinajstić information content (AvgIpc) is 2.59. The number of benzene rings is 1. The summed E-state index contributed by atoms with van der Waals surface area (Å²) < 4.78 is 10.5. The number of ether oxygens (including phenoxy) is 1. The first-order valence-electron chi connectivity index (χ1n) is 4.90. The maximum absolute atomic E-state index is 5.51. The van der Waals surface area contributed by atoms with Gasteiger partial charge in [-0.3, -0.25) is 0 Å². The van der Waals surface area contributed by atoms with Gasteiger partial charge in [0, 0.05) is 7.11 Å². The second-order valence-electron chi connectivity index (χ2n) is 3.49. The summed E-state index contributed by atoms with van der Waals surface area (Å²) in [4.78, 5) is 4.30. The minimum absolute atomic E-state index is 0.183. The Labute approximate surface area is 88.3 Å². The van der Waals surface area contributed by atoms with E-state index in [1.807, 2.05) is 31.2 Å². The first-order chi connectivity index (χ1) is 7.29. The van der Waals surface area contributed by atoms with Crippen LogP contribution in [-0.4, -0.2) is 24.7 Å². The smallest absolute Gasteiger partial charge is 0.295 e. The minimum atomic E-state index is 0.183. The summed E-state index contributed by atoms with van der Waals surface area (Å²) in [5, 5.41) is 3.13. The predicted molar refractivity (Wildman–Crippen MR) is 59.0 cm³/mol. The molecule has 0 bridgehead atoms. The maximum Gasteiger partial charge on any atom is 0.295 e. The molecule has 2 aromatic rings. The molecule has 1 N–H and O–H groups in total. The third-order valence-corrected chi connectivity index (χ3v) is 2.08. The molecule has 4 heteroatoms. The first-order valence-corrected chi connectivity index (χ1v) is 4.90. The highest BCUT2D eigenvalue weighted by Crippen LogP contribution is 2.18. The highest BCUT2D eigenvalue weighted by atomic mass is 16.5. The SMILES string of the molecule is COC[C@@H](C)Nc1nc2ccccc2o1. The van der Waals surface area contributed by atoms with Crippen LogP contribution in [0.1, 0.15) is 6.92 Å². The number of nitrogens with zero attached hydrogens (tertiary/aromatic N) is 1. The summed E-state index contributed by atoms with van der Waals surface area (Å²) >= 11 is 0. The van der Waals surface area contributed by atoms with Crippen molar-refractivity contribution in [3.63, 3.8) is 0 Å². The highest BCUT2D eigenvalue weighted by molar-refractivity contribution is 5.74. The van der Waals surface area contributed by atoms with Gasteiger partial charge < -0.3 is 14.5 Å². The van der Waals surface area contributed by atoms with Gasteiger partial charge in [-0.15, -0.1) is 0 Å². The van der Waals surface area contributed by atoms with Gasteiger partial charge in [-0.2, -0.15) is 4.98 Å². The van der Waals surface area contributed by atoms with Crippen molar-refractivity contribution in [1.82, 2.24) is 4.98 Å². The van der Waals surface area contributed by atoms with Crippen molar-refractivity contribution < 1.29 is 9.15 Å². The summed E-state index contributed by atoms with van der Waals surface area (Å²) in [5.41, 5.74) is 1.66. The standard InChI is InChI=1S/C11H14N2O2/c1-8(7-14-2)12-11-13-9-5-3-4-6-10(9)15-11/h3-6,8H,7H2,1-2H3,(H,12,13)/t8-/m1/s1. The minimum Gasteiger partial charge on any atom is -0.424 e. The molecule has 0 aliphatic heterocycles. The Morgan fingerprint density at radius 3 is 3.00 bits per heavy atom. The van der Waals surface area contributed by atoms with Gasteiger partial charge in [0.05, 0.1) is 12.6 Å². The Hall–Kier alpha value is -1.55. The zero-order chi connectivity index (χ0) is 10.7. The van der Waals surface area contributed by atoms with Crippen molar-refractivity contribution in [3.05, 3.63) is 24.3 Å². The molecule has 0 unspecified atom stereocenters. The van der Waals surface area contributed by atoms with Crippen molar-refractivity contribution in [3.8, 4) is 0 Å². The van der Waals surface area contributed by atoms with Gasteiger partial charge in [0.2, 0.25) is 0 Å². The van der Waals surface area contributed by atoms with Crippen LogP contribution in [0, 0.1) is 0 Å². The molecule has 0 amide bonds. The quantitative estimate of drug-likeness (QED) is 0.833. The van der Waals surface area contributed by atoms with Gasteiger partial charge in [0.25, 0.3) is 6.01 Å². The fourth-order valence-electron chi connectivity index (χ4n) is 1.44. The van der Waals surface area contributed by atoms with Gasteiger partial charge in [0.1, 0.15) is 5.52 Å². The maximum atomic E-state index is 5.51. The number of hydrogen-bond acceptors (Lipinski definition) is 4. The van der Waals surface area contributed by atoms with Crippen molar-refractivity contribution in [2.75, 3.05) is 19.0 Å². The molecule has 80 valence electrons. The molecule has 0 saturated heterocycles. The number of hydrogen-bond donors (Lipinski definition) is 1. The Morgan fingerprint density at radius 1 is 1.47 bits per heavy atom. The molecule has 4 nitrogen and oxygen atoms in total. The number of para-hydroxylation sites is 2. The number of aromatic nitrogens is 1. The number of nitrogens with one attached hydrogen (secondary N) is 1. The summed E-state index contributed by atoms with van der Waals surface area (Å²) in [6.45, 7) is 2.64. The van der Waals surface area contributed by atoms with Gasteiger partial charge in [0.15, 0.2) is 5.58 Å². The number of methoxy groups -OCH3 is 1. The van der Waals surface area contributed by atoms with E-state index in [1.165, 1.54) is 0 Å². The lowest BCUT2D eigenvalue weighted by atomic mass is 10.3. The van der Waals surface area contributed by atoms with Gasteiger partial charge in [-0.05, 0) is 19.1 Å². The lowest BCUT2D eigenvalue weighted by Gasteiger charge is -2.09. The van der Waals surface area contributed by atoms with Crippen LogP contribution in [0.5, 0.6) is 0 Å². The Morgan fingerprint density at radius 2 is 2.27 bits per heavy atom. The zero-order valence-electron chi connectivity index (χ0n) is 8.86.